The van der Waals surface area contributed by atoms with E-state index >= 15 is 0 Å². The minimum atomic E-state index is -1.15. The van der Waals surface area contributed by atoms with Crippen molar-refractivity contribution in [3.63, 3.8) is 0 Å². The molecule has 22 heavy (non-hydrogen) atoms. The van der Waals surface area contributed by atoms with Crippen molar-refractivity contribution in [3.05, 3.63) is 70.2 Å². The zero-order valence-electron chi connectivity index (χ0n) is 11.3. The van der Waals surface area contributed by atoms with Gasteiger partial charge in [0.25, 0.3) is 0 Å². The van der Waals surface area contributed by atoms with Gasteiger partial charge in [-0.1, -0.05) is 17.7 Å². The van der Waals surface area contributed by atoms with E-state index in [1.807, 2.05) is 0 Å². The summed E-state index contributed by atoms with van der Waals surface area (Å²) < 4.78 is 4.89. The van der Waals surface area contributed by atoms with Crippen molar-refractivity contribution < 1.29 is 24.2 Å². The Hall–Kier alpha value is -2.66. The molecule has 0 fully saturated rings. The molecule has 0 heterocycles. The average Bonchev–Trinajstić information content (AvgIpc) is 2.53. The molecule has 5 nitrogen and oxygen atoms in total. The van der Waals surface area contributed by atoms with E-state index < -0.39 is 18.5 Å². The van der Waals surface area contributed by atoms with Crippen molar-refractivity contribution in [2.45, 2.75) is 0 Å². The molecule has 2 aromatic carbocycles. The van der Waals surface area contributed by atoms with Gasteiger partial charge in [0.15, 0.2) is 12.4 Å². The zero-order chi connectivity index (χ0) is 16.1. The molecule has 0 aliphatic heterocycles. The number of benzene rings is 2. The molecule has 0 spiro atoms. The number of ketones is 1. The number of carboxylic acid groups (broad SMARTS) is 1. The Kier molecular flexibility index (Phi) is 4.91. The molecule has 2 rings (SSSR count). The van der Waals surface area contributed by atoms with Gasteiger partial charge >= 0.3 is 11.9 Å². The monoisotopic (exact) mass is 318 g/mol. The summed E-state index contributed by atoms with van der Waals surface area (Å²) in [6.07, 6.45) is 0. The summed E-state index contributed by atoms with van der Waals surface area (Å²) in [5, 5.41) is 9.36. The van der Waals surface area contributed by atoms with Crippen LogP contribution in [0, 0.1) is 0 Å². The SMILES string of the molecule is O=C(O)c1cccc(C(=O)OCC(=O)c2ccc(Cl)cc2)c1. The number of ether oxygens (including phenoxy) is 1. The van der Waals surface area contributed by atoms with Crippen LogP contribution in [0.4, 0.5) is 0 Å². The van der Waals surface area contributed by atoms with Gasteiger partial charge in [-0.3, -0.25) is 4.79 Å². The fourth-order valence-corrected chi connectivity index (χ4v) is 1.84. The Morgan fingerprint density at radius 1 is 0.955 bits per heavy atom. The standard InChI is InChI=1S/C16H11ClO5/c17-13-6-4-10(5-7-13)14(18)9-22-16(21)12-3-1-2-11(8-12)15(19)20/h1-8H,9H2,(H,19,20). The number of carbonyl (C=O) groups is 3. The third-order valence-corrected chi connectivity index (χ3v) is 3.10. The predicted octanol–water partition coefficient (Wildman–Crippen LogP) is 3.08. The number of esters is 1. The van der Waals surface area contributed by atoms with E-state index in [9.17, 15) is 14.4 Å². The van der Waals surface area contributed by atoms with Gasteiger partial charge in [-0.15, -0.1) is 0 Å². The fourth-order valence-electron chi connectivity index (χ4n) is 1.71. The molecular formula is C16H11ClO5. The van der Waals surface area contributed by atoms with E-state index in [1.54, 1.807) is 12.1 Å². The van der Waals surface area contributed by atoms with Gasteiger partial charge < -0.3 is 9.84 Å². The van der Waals surface area contributed by atoms with Crippen LogP contribution in [0.2, 0.25) is 5.02 Å². The van der Waals surface area contributed by atoms with Crippen molar-refractivity contribution in [3.8, 4) is 0 Å². The number of aromatic carboxylic acids is 1. The maximum atomic E-state index is 11.9. The summed E-state index contributed by atoms with van der Waals surface area (Å²) in [6, 6.07) is 11.6. The van der Waals surface area contributed by atoms with Crippen LogP contribution in [-0.2, 0) is 4.74 Å². The summed E-state index contributed by atoms with van der Waals surface area (Å²) in [6.45, 7) is -0.433. The Morgan fingerprint density at radius 2 is 1.59 bits per heavy atom. The molecule has 1 N–H and O–H groups in total. The predicted molar refractivity (Wildman–Crippen MR) is 79.5 cm³/mol. The van der Waals surface area contributed by atoms with E-state index in [1.165, 1.54) is 36.4 Å². The maximum absolute atomic E-state index is 11.9. The van der Waals surface area contributed by atoms with E-state index in [0.29, 0.717) is 10.6 Å². The fraction of sp³-hybridized carbons (Fsp3) is 0.0625. The Labute approximate surface area is 131 Å². The Bertz CT molecular complexity index is 722. The van der Waals surface area contributed by atoms with Gasteiger partial charge in [0, 0.05) is 10.6 Å². The number of carbonyl (C=O) groups excluding carboxylic acids is 2. The minimum absolute atomic E-state index is 0.0292. The molecule has 0 unspecified atom stereocenters. The van der Waals surface area contributed by atoms with E-state index in [-0.39, 0.29) is 16.9 Å². The van der Waals surface area contributed by atoms with Crippen LogP contribution in [0.3, 0.4) is 0 Å². The highest BCUT2D eigenvalue weighted by Gasteiger charge is 2.13. The number of carboxylic acids is 1. The first kappa shape index (κ1) is 15.7. The molecule has 6 heteroatoms. The number of hydrogen-bond donors (Lipinski definition) is 1. The van der Waals surface area contributed by atoms with Gasteiger partial charge in [-0.2, -0.15) is 0 Å². The molecule has 0 aromatic heterocycles. The minimum Gasteiger partial charge on any atom is -0.478 e. The molecule has 0 aliphatic rings. The molecular weight excluding hydrogens is 308 g/mol. The van der Waals surface area contributed by atoms with Gasteiger partial charge in [0.1, 0.15) is 0 Å². The van der Waals surface area contributed by atoms with Crippen molar-refractivity contribution in [2.24, 2.45) is 0 Å². The molecule has 112 valence electrons. The van der Waals surface area contributed by atoms with Crippen molar-refractivity contribution in [1.82, 2.24) is 0 Å². The molecule has 2 aromatic rings. The summed E-state index contributed by atoms with van der Waals surface area (Å²) in [4.78, 5) is 34.5. The van der Waals surface area contributed by atoms with Gasteiger partial charge in [0.05, 0.1) is 11.1 Å². The smallest absolute Gasteiger partial charge is 0.338 e. The van der Waals surface area contributed by atoms with Crippen molar-refractivity contribution in [2.75, 3.05) is 6.61 Å². The normalized spacial score (nSPS) is 10.0. The van der Waals surface area contributed by atoms with Gasteiger partial charge in [-0.25, -0.2) is 9.59 Å². The van der Waals surface area contributed by atoms with Crippen molar-refractivity contribution >= 4 is 29.3 Å². The molecule has 0 atom stereocenters. The second-order valence-electron chi connectivity index (χ2n) is 4.39. The molecule has 0 aliphatic carbocycles. The quantitative estimate of drug-likeness (QED) is 0.677. The Balaban J connectivity index is 2.00. The van der Waals surface area contributed by atoms with E-state index in [2.05, 4.69) is 0 Å². The first-order valence-corrected chi connectivity index (χ1v) is 6.64. The molecule has 0 saturated heterocycles. The number of Topliss-reactive ketones (excluding diaryl/α,β-unsaturated/α-hetero) is 1. The maximum Gasteiger partial charge on any atom is 0.338 e. The van der Waals surface area contributed by atoms with E-state index in [4.69, 9.17) is 21.4 Å². The number of halogens is 1. The third kappa shape index (κ3) is 3.93. The molecule has 0 saturated carbocycles. The average molecular weight is 319 g/mol. The van der Waals surface area contributed by atoms with E-state index in [0.717, 1.165) is 0 Å². The van der Waals surface area contributed by atoms with Gasteiger partial charge in [-0.05, 0) is 42.5 Å². The van der Waals surface area contributed by atoms with Crippen LogP contribution in [0.15, 0.2) is 48.5 Å². The lowest BCUT2D eigenvalue weighted by Gasteiger charge is -2.05. The topological polar surface area (TPSA) is 80.7 Å². The first-order valence-electron chi connectivity index (χ1n) is 6.26. The lowest BCUT2D eigenvalue weighted by Crippen LogP contribution is -2.14. The Morgan fingerprint density at radius 3 is 2.23 bits per heavy atom. The third-order valence-electron chi connectivity index (χ3n) is 2.85. The van der Waals surface area contributed by atoms with Crippen LogP contribution in [0.1, 0.15) is 31.1 Å². The lowest BCUT2D eigenvalue weighted by atomic mass is 10.1. The zero-order valence-corrected chi connectivity index (χ0v) is 12.0. The summed E-state index contributed by atoms with van der Waals surface area (Å²) >= 11 is 5.72. The molecule has 0 radical (unpaired) electrons. The summed E-state index contributed by atoms with van der Waals surface area (Å²) in [5.74, 6) is -2.28. The highest BCUT2D eigenvalue weighted by Crippen LogP contribution is 2.11. The highest BCUT2D eigenvalue weighted by atomic mass is 35.5. The largest absolute Gasteiger partial charge is 0.478 e. The second-order valence-corrected chi connectivity index (χ2v) is 4.83. The van der Waals surface area contributed by atoms with Crippen LogP contribution < -0.4 is 0 Å². The van der Waals surface area contributed by atoms with Crippen molar-refractivity contribution in [1.29, 1.82) is 0 Å². The summed E-state index contributed by atoms with van der Waals surface area (Å²) in [5.41, 5.74) is 0.416. The lowest BCUT2D eigenvalue weighted by molar-refractivity contribution is 0.0474. The second kappa shape index (κ2) is 6.87. The highest BCUT2D eigenvalue weighted by molar-refractivity contribution is 6.30. The summed E-state index contributed by atoms with van der Waals surface area (Å²) in [7, 11) is 0. The van der Waals surface area contributed by atoms with Crippen LogP contribution in [0.5, 0.6) is 0 Å². The first-order chi connectivity index (χ1) is 10.5. The number of hydrogen-bond acceptors (Lipinski definition) is 4. The van der Waals surface area contributed by atoms with Crippen LogP contribution in [0.25, 0.3) is 0 Å². The molecule has 0 bridgehead atoms. The van der Waals surface area contributed by atoms with Crippen LogP contribution in [-0.4, -0.2) is 29.4 Å². The van der Waals surface area contributed by atoms with Gasteiger partial charge in [0.2, 0.25) is 0 Å². The molecule has 0 amide bonds. The van der Waals surface area contributed by atoms with Crippen LogP contribution >= 0.6 is 11.6 Å². The number of rotatable bonds is 5.